The molecule has 1 amide bonds. The van der Waals surface area contributed by atoms with Crippen LogP contribution in [0.2, 0.25) is 0 Å². The molecule has 0 bridgehead atoms. The summed E-state index contributed by atoms with van der Waals surface area (Å²) < 4.78 is 7.01. The summed E-state index contributed by atoms with van der Waals surface area (Å²) in [7, 11) is 0. The van der Waals surface area contributed by atoms with Gasteiger partial charge in [0.05, 0.1) is 29.5 Å². The zero-order valence-corrected chi connectivity index (χ0v) is 18.0. The van der Waals surface area contributed by atoms with Crippen LogP contribution in [0.4, 0.5) is 0 Å². The van der Waals surface area contributed by atoms with Crippen molar-refractivity contribution < 1.29 is 9.21 Å². The Morgan fingerprint density at radius 3 is 2.58 bits per heavy atom. The lowest BCUT2D eigenvalue weighted by Gasteiger charge is -2.21. The molecule has 0 fully saturated rings. The fourth-order valence-electron chi connectivity index (χ4n) is 3.35. The van der Waals surface area contributed by atoms with E-state index >= 15 is 0 Å². The van der Waals surface area contributed by atoms with Gasteiger partial charge >= 0.3 is 0 Å². The average Bonchev–Trinajstić information content (AvgIpc) is 3.32. The summed E-state index contributed by atoms with van der Waals surface area (Å²) in [4.78, 5) is 32.5. The zero-order valence-electron chi connectivity index (χ0n) is 17.2. The van der Waals surface area contributed by atoms with Gasteiger partial charge in [0.2, 0.25) is 5.91 Å². The Bertz CT molecular complexity index is 1220. The number of para-hydroxylation sites is 1. The van der Waals surface area contributed by atoms with E-state index in [-0.39, 0.29) is 23.8 Å². The Balaban J connectivity index is 1.58. The molecule has 0 saturated carbocycles. The lowest BCUT2D eigenvalue weighted by molar-refractivity contribution is -0.128. The van der Waals surface area contributed by atoms with Gasteiger partial charge in [-0.1, -0.05) is 54.2 Å². The molecule has 0 saturated heterocycles. The number of aromatic nitrogens is 2. The van der Waals surface area contributed by atoms with Gasteiger partial charge in [0, 0.05) is 13.1 Å². The topological polar surface area (TPSA) is 68.3 Å². The van der Waals surface area contributed by atoms with Crippen molar-refractivity contribution in [2.75, 3.05) is 12.3 Å². The van der Waals surface area contributed by atoms with Crippen molar-refractivity contribution in [2.45, 2.75) is 25.2 Å². The second-order valence-corrected chi connectivity index (χ2v) is 8.01. The molecule has 2 aromatic carbocycles. The Labute approximate surface area is 184 Å². The number of amides is 1. The van der Waals surface area contributed by atoms with Crippen LogP contribution in [0.5, 0.6) is 0 Å². The van der Waals surface area contributed by atoms with Crippen LogP contribution in [0.1, 0.15) is 18.2 Å². The Morgan fingerprint density at radius 2 is 1.84 bits per heavy atom. The van der Waals surface area contributed by atoms with Crippen LogP contribution in [-0.2, 0) is 17.9 Å². The van der Waals surface area contributed by atoms with Crippen molar-refractivity contribution in [3.8, 4) is 0 Å². The van der Waals surface area contributed by atoms with Gasteiger partial charge in [0.15, 0.2) is 5.16 Å². The molecule has 2 aromatic heterocycles. The van der Waals surface area contributed by atoms with Crippen LogP contribution in [0.15, 0.2) is 87.4 Å². The van der Waals surface area contributed by atoms with Gasteiger partial charge in [-0.15, -0.1) is 0 Å². The van der Waals surface area contributed by atoms with Gasteiger partial charge < -0.3 is 9.32 Å². The minimum atomic E-state index is -0.145. The summed E-state index contributed by atoms with van der Waals surface area (Å²) in [6, 6.07) is 20.8. The maximum Gasteiger partial charge on any atom is 0.262 e. The van der Waals surface area contributed by atoms with Gasteiger partial charge in [-0.2, -0.15) is 0 Å². The lowest BCUT2D eigenvalue weighted by Crippen LogP contribution is -2.32. The smallest absolute Gasteiger partial charge is 0.262 e. The number of benzene rings is 2. The van der Waals surface area contributed by atoms with Crippen molar-refractivity contribution in [3.63, 3.8) is 0 Å². The van der Waals surface area contributed by atoms with Crippen molar-refractivity contribution in [1.82, 2.24) is 14.5 Å². The van der Waals surface area contributed by atoms with Crippen molar-refractivity contribution in [3.05, 3.63) is 94.7 Å². The minimum Gasteiger partial charge on any atom is -0.467 e. The number of nitrogens with zero attached hydrogens (tertiary/aromatic N) is 3. The summed E-state index contributed by atoms with van der Waals surface area (Å²) in [5, 5.41) is 1.05. The fourth-order valence-corrected chi connectivity index (χ4v) is 4.25. The molecule has 0 spiro atoms. The molecule has 0 aliphatic heterocycles. The van der Waals surface area contributed by atoms with E-state index in [0.717, 1.165) is 5.56 Å². The van der Waals surface area contributed by atoms with E-state index in [0.29, 0.717) is 34.9 Å². The first-order chi connectivity index (χ1) is 15.2. The lowest BCUT2D eigenvalue weighted by atomic mass is 10.2. The third kappa shape index (κ3) is 4.88. The molecule has 2 heterocycles. The molecule has 0 aliphatic carbocycles. The average molecular weight is 434 g/mol. The first-order valence-electron chi connectivity index (χ1n) is 10.1. The maximum absolute atomic E-state index is 13.1. The van der Waals surface area contributed by atoms with Crippen LogP contribution in [0.3, 0.4) is 0 Å². The summed E-state index contributed by atoms with van der Waals surface area (Å²) in [6.07, 6.45) is 1.58. The summed E-state index contributed by atoms with van der Waals surface area (Å²) in [6.45, 7) is 3.40. The summed E-state index contributed by atoms with van der Waals surface area (Å²) in [5.74, 6) is 0.860. The predicted octanol–water partition coefficient (Wildman–Crippen LogP) is 4.18. The van der Waals surface area contributed by atoms with Crippen molar-refractivity contribution in [1.29, 1.82) is 0 Å². The molecule has 31 heavy (non-hydrogen) atoms. The standard InChI is InChI=1S/C24H23N3O3S/c1-2-26(15-18-9-4-3-5-10-18)22(28)17-31-24-25-21-13-7-6-12-20(21)23(29)27(24)16-19-11-8-14-30-19/h3-14H,2,15-17H2,1H3. The van der Waals surface area contributed by atoms with E-state index in [1.54, 1.807) is 27.9 Å². The Hall–Kier alpha value is -3.32. The number of carbonyl (C=O) groups is 1. The molecular formula is C24H23N3O3S. The number of carbonyl (C=O) groups excluding carboxylic acids is 1. The highest BCUT2D eigenvalue weighted by Gasteiger charge is 2.17. The second-order valence-electron chi connectivity index (χ2n) is 7.06. The van der Waals surface area contributed by atoms with E-state index in [4.69, 9.17) is 4.42 Å². The maximum atomic E-state index is 13.1. The van der Waals surface area contributed by atoms with Gasteiger partial charge in [0.25, 0.3) is 5.56 Å². The molecule has 0 unspecified atom stereocenters. The highest BCUT2D eigenvalue weighted by Crippen LogP contribution is 2.20. The number of hydrogen-bond donors (Lipinski definition) is 0. The number of thioether (sulfide) groups is 1. The first kappa shape index (κ1) is 20.9. The fraction of sp³-hybridized carbons (Fsp3) is 0.208. The van der Waals surface area contributed by atoms with E-state index in [2.05, 4.69) is 4.98 Å². The highest BCUT2D eigenvalue weighted by molar-refractivity contribution is 7.99. The molecule has 4 aromatic rings. The molecule has 0 atom stereocenters. The summed E-state index contributed by atoms with van der Waals surface area (Å²) in [5.41, 5.74) is 1.56. The molecule has 4 rings (SSSR count). The predicted molar refractivity (Wildman–Crippen MR) is 122 cm³/mol. The summed E-state index contributed by atoms with van der Waals surface area (Å²) >= 11 is 1.28. The van der Waals surface area contributed by atoms with E-state index in [1.165, 1.54) is 11.8 Å². The number of hydrogen-bond acceptors (Lipinski definition) is 5. The number of fused-ring (bicyclic) bond motifs is 1. The third-order valence-corrected chi connectivity index (χ3v) is 5.96. The second kappa shape index (κ2) is 9.66. The van der Waals surface area contributed by atoms with Crippen LogP contribution in [-0.4, -0.2) is 32.7 Å². The van der Waals surface area contributed by atoms with Crippen molar-refractivity contribution >= 4 is 28.6 Å². The molecule has 0 aliphatic rings. The van der Waals surface area contributed by atoms with Crippen LogP contribution < -0.4 is 5.56 Å². The van der Waals surface area contributed by atoms with E-state index in [1.807, 2.05) is 61.5 Å². The molecular weight excluding hydrogens is 410 g/mol. The number of rotatable bonds is 8. The Kier molecular flexibility index (Phi) is 6.52. The molecule has 0 radical (unpaired) electrons. The molecule has 7 heteroatoms. The zero-order chi connectivity index (χ0) is 21.6. The molecule has 6 nitrogen and oxygen atoms in total. The van der Waals surface area contributed by atoms with Crippen LogP contribution >= 0.6 is 11.8 Å². The third-order valence-electron chi connectivity index (χ3n) is 5.00. The van der Waals surface area contributed by atoms with Gasteiger partial charge in [-0.05, 0) is 36.8 Å². The van der Waals surface area contributed by atoms with Crippen LogP contribution in [0.25, 0.3) is 10.9 Å². The quantitative estimate of drug-likeness (QED) is 0.308. The van der Waals surface area contributed by atoms with E-state index in [9.17, 15) is 9.59 Å². The highest BCUT2D eigenvalue weighted by atomic mass is 32.2. The van der Waals surface area contributed by atoms with Gasteiger partial charge in [-0.3, -0.25) is 14.2 Å². The SMILES string of the molecule is CCN(Cc1ccccc1)C(=O)CSc1nc2ccccc2c(=O)n1Cc1ccco1. The van der Waals surface area contributed by atoms with E-state index < -0.39 is 0 Å². The van der Waals surface area contributed by atoms with Gasteiger partial charge in [0.1, 0.15) is 5.76 Å². The molecule has 0 N–H and O–H groups in total. The largest absolute Gasteiger partial charge is 0.467 e. The van der Waals surface area contributed by atoms with Gasteiger partial charge in [-0.25, -0.2) is 4.98 Å². The van der Waals surface area contributed by atoms with Crippen LogP contribution in [0, 0.1) is 0 Å². The Morgan fingerprint density at radius 1 is 1.06 bits per heavy atom. The van der Waals surface area contributed by atoms with Crippen molar-refractivity contribution in [2.24, 2.45) is 0 Å². The molecule has 158 valence electrons. The minimum absolute atomic E-state index is 0.00306. The number of furan rings is 1. The first-order valence-corrected chi connectivity index (χ1v) is 11.1. The monoisotopic (exact) mass is 433 g/mol. The normalized spacial score (nSPS) is 11.0.